The van der Waals surface area contributed by atoms with E-state index in [9.17, 15) is 10.2 Å². The minimum Gasteiger partial charge on any atom is -0.508 e. The van der Waals surface area contributed by atoms with Gasteiger partial charge in [-0.2, -0.15) is 0 Å². The summed E-state index contributed by atoms with van der Waals surface area (Å²) in [6, 6.07) is 3.31. The SMILES string of the molecule is Cc1cc(O)cc(C)c1C(O)CCN. The van der Waals surface area contributed by atoms with Gasteiger partial charge in [0, 0.05) is 0 Å². The quantitative estimate of drug-likeness (QED) is 0.682. The normalized spacial score (nSPS) is 12.9. The van der Waals surface area contributed by atoms with Gasteiger partial charge in [0.2, 0.25) is 0 Å². The van der Waals surface area contributed by atoms with Crippen LogP contribution in [0.1, 0.15) is 29.2 Å². The predicted molar refractivity (Wildman–Crippen MR) is 56.2 cm³/mol. The van der Waals surface area contributed by atoms with Gasteiger partial charge in [0.05, 0.1) is 6.10 Å². The van der Waals surface area contributed by atoms with Gasteiger partial charge in [0.15, 0.2) is 0 Å². The Hall–Kier alpha value is -1.06. The van der Waals surface area contributed by atoms with Gasteiger partial charge in [-0.1, -0.05) is 0 Å². The molecule has 0 spiro atoms. The number of hydrogen-bond donors (Lipinski definition) is 3. The predicted octanol–water partition coefficient (Wildman–Crippen LogP) is 1.39. The summed E-state index contributed by atoms with van der Waals surface area (Å²) >= 11 is 0. The number of benzene rings is 1. The first-order valence-corrected chi connectivity index (χ1v) is 4.74. The number of aromatic hydroxyl groups is 1. The maximum atomic E-state index is 9.81. The fourth-order valence-corrected chi connectivity index (χ4v) is 1.78. The van der Waals surface area contributed by atoms with E-state index in [1.54, 1.807) is 12.1 Å². The lowest BCUT2D eigenvalue weighted by atomic mass is 9.96. The van der Waals surface area contributed by atoms with E-state index in [1.807, 2.05) is 13.8 Å². The Bertz CT molecular complexity index is 300. The Morgan fingerprint density at radius 2 is 1.79 bits per heavy atom. The number of aryl methyl sites for hydroxylation is 2. The first kappa shape index (κ1) is 11.0. The van der Waals surface area contributed by atoms with Crippen molar-refractivity contribution in [3.63, 3.8) is 0 Å². The molecule has 1 aromatic carbocycles. The van der Waals surface area contributed by atoms with Crippen LogP contribution in [0.15, 0.2) is 12.1 Å². The van der Waals surface area contributed by atoms with Crippen molar-refractivity contribution in [3.8, 4) is 5.75 Å². The third-order valence-electron chi connectivity index (χ3n) is 2.35. The monoisotopic (exact) mass is 195 g/mol. The Balaban J connectivity index is 3.07. The Morgan fingerprint density at radius 1 is 1.29 bits per heavy atom. The molecule has 0 saturated carbocycles. The topological polar surface area (TPSA) is 66.5 Å². The molecule has 1 atom stereocenters. The Morgan fingerprint density at radius 3 is 2.21 bits per heavy atom. The van der Waals surface area contributed by atoms with Crippen molar-refractivity contribution < 1.29 is 10.2 Å². The molecule has 4 N–H and O–H groups in total. The summed E-state index contributed by atoms with van der Waals surface area (Å²) in [6.45, 7) is 4.21. The number of rotatable bonds is 3. The van der Waals surface area contributed by atoms with Crippen LogP contribution >= 0.6 is 0 Å². The second kappa shape index (κ2) is 4.44. The van der Waals surface area contributed by atoms with Crippen LogP contribution < -0.4 is 5.73 Å². The Kier molecular flexibility index (Phi) is 3.49. The maximum absolute atomic E-state index is 9.81. The lowest BCUT2D eigenvalue weighted by Crippen LogP contribution is -2.09. The molecule has 3 nitrogen and oxygen atoms in total. The summed E-state index contributed by atoms with van der Waals surface area (Å²) in [5.74, 6) is 0.240. The summed E-state index contributed by atoms with van der Waals surface area (Å²) in [5.41, 5.74) is 8.08. The zero-order chi connectivity index (χ0) is 10.7. The summed E-state index contributed by atoms with van der Waals surface area (Å²) < 4.78 is 0. The number of hydrogen-bond acceptors (Lipinski definition) is 3. The van der Waals surface area contributed by atoms with Crippen LogP contribution in [-0.4, -0.2) is 16.8 Å². The van der Waals surface area contributed by atoms with Crippen LogP contribution in [0.5, 0.6) is 5.75 Å². The maximum Gasteiger partial charge on any atom is 0.116 e. The van der Waals surface area contributed by atoms with Crippen LogP contribution in [0.3, 0.4) is 0 Å². The smallest absolute Gasteiger partial charge is 0.116 e. The van der Waals surface area contributed by atoms with Crippen LogP contribution in [-0.2, 0) is 0 Å². The summed E-state index contributed by atoms with van der Waals surface area (Å²) in [7, 11) is 0. The van der Waals surface area contributed by atoms with Crippen LogP contribution in [0, 0.1) is 13.8 Å². The number of phenolic OH excluding ortho intramolecular Hbond substituents is 1. The molecule has 1 rings (SSSR count). The molecule has 0 aromatic heterocycles. The molecule has 0 amide bonds. The highest BCUT2D eigenvalue weighted by Crippen LogP contribution is 2.27. The van der Waals surface area contributed by atoms with Crippen molar-refractivity contribution in [2.75, 3.05) is 6.54 Å². The van der Waals surface area contributed by atoms with E-state index >= 15 is 0 Å². The summed E-state index contributed by atoms with van der Waals surface area (Å²) in [6.07, 6.45) is 0.0208. The van der Waals surface area contributed by atoms with Gasteiger partial charge in [-0.05, 0) is 55.6 Å². The number of aliphatic hydroxyl groups excluding tert-OH is 1. The minimum absolute atomic E-state index is 0.240. The largest absolute Gasteiger partial charge is 0.508 e. The molecule has 1 unspecified atom stereocenters. The van der Waals surface area contributed by atoms with Crippen molar-refractivity contribution in [2.24, 2.45) is 5.73 Å². The zero-order valence-corrected chi connectivity index (χ0v) is 8.62. The summed E-state index contributed by atoms with van der Waals surface area (Å²) in [4.78, 5) is 0. The molecule has 0 aliphatic rings. The average Bonchev–Trinajstić information content (AvgIpc) is 2.01. The molecule has 14 heavy (non-hydrogen) atoms. The molecule has 3 heteroatoms. The lowest BCUT2D eigenvalue weighted by molar-refractivity contribution is 0.169. The molecule has 0 bridgehead atoms. The van der Waals surface area contributed by atoms with E-state index in [4.69, 9.17) is 5.73 Å². The highest BCUT2D eigenvalue weighted by atomic mass is 16.3. The summed E-state index contributed by atoms with van der Waals surface area (Å²) in [5, 5.41) is 19.1. The number of nitrogens with two attached hydrogens (primary N) is 1. The van der Waals surface area contributed by atoms with E-state index in [2.05, 4.69) is 0 Å². The van der Waals surface area contributed by atoms with Crippen LogP contribution in [0.2, 0.25) is 0 Å². The van der Waals surface area contributed by atoms with Crippen molar-refractivity contribution >= 4 is 0 Å². The van der Waals surface area contributed by atoms with Crippen LogP contribution in [0.4, 0.5) is 0 Å². The van der Waals surface area contributed by atoms with Gasteiger partial charge in [-0.3, -0.25) is 0 Å². The highest BCUT2D eigenvalue weighted by Gasteiger charge is 2.13. The van der Waals surface area contributed by atoms with E-state index < -0.39 is 6.10 Å². The molecule has 1 aromatic rings. The van der Waals surface area contributed by atoms with Gasteiger partial charge in [0.1, 0.15) is 5.75 Å². The molecule has 0 heterocycles. The van der Waals surface area contributed by atoms with E-state index in [0.717, 1.165) is 16.7 Å². The minimum atomic E-state index is -0.527. The fourth-order valence-electron chi connectivity index (χ4n) is 1.78. The first-order valence-electron chi connectivity index (χ1n) is 4.74. The third kappa shape index (κ3) is 2.25. The molecule has 0 aliphatic heterocycles. The average molecular weight is 195 g/mol. The molecular weight excluding hydrogens is 178 g/mol. The molecule has 0 saturated heterocycles. The van der Waals surface area contributed by atoms with Gasteiger partial charge >= 0.3 is 0 Å². The number of aliphatic hydroxyl groups is 1. The molecule has 78 valence electrons. The molecular formula is C11H17NO2. The molecule has 0 radical (unpaired) electrons. The molecule has 0 aliphatic carbocycles. The highest BCUT2D eigenvalue weighted by molar-refractivity contribution is 5.41. The van der Waals surface area contributed by atoms with Crippen molar-refractivity contribution in [2.45, 2.75) is 26.4 Å². The van der Waals surface area contributed by atoms with E-state index in [1.165, 1.54) is 0 Å². The Labute approximate surface area is 84.2 Å². The molecule has 0 fully saturated rings. The third-order valence-corrected chi connectivity index (χ3v) is 2.35. The van der Waals surface area contributed by atoms with Crippen molar-refractivity contribution in [3.05, 3.63) is 28.8 Å². The van der Waals surface area contributed by atoms with E-state index in [0.29, 0.717) is 13.0 Å². The van der Waals surface area contributed by atoms with E-state index in [-0.39, 0.29) is 5.75 Å². The van der Waals surface area contributed by atoms with Gasteiger partial charge in [0.25, 0.3) is 0 Å². The standard InChI is InChI=1S/C11H17NO2/c1-7-5-9(13)6-8(2)11(7)10(14)3-4-12/h5-6,10,13-14H,3-4,12H2,1-2H3. The zero-order valence-electron chi connectivity index (χ0n) is 8.62. The van der Waals surface area contributed by atoms with Crippen molar-refractivity contribution in [1.29, 1.82) is 0 Å². The second-order valence-electron chi connectivity index (χ2n) is 3.59. The first-order chi connectivity index (χ1) is 6.56. The fraction of sp³-hybridized carbons (Fsp3) is 0.455. The van der Waals surface area contributed by atoms with Gasteiger partial charge in [-0.15, -0.1) is 0 Å². The van der Waals surface area contributed by atoms with Crippen LogP contribution in [0.25, 0.3) is 0 Å². The second-order valence-corrected chi connectivity index (χ2v) is 3.59. The van der Waals surface area contributed by atoms with Gasteiger partial charge in [-0.25, -0.2) is 0 Å². The lowest BCUT2D eigenvalue weighted by Gasteiger charge is -2.16. The van der Waals surface area contributed by atoms with Crippen molar-refractivity contribution in [1.82, 2.24) is 0 Å². The van der Waals surface area contributed by atoms with Gasteiger partial charge < -0.3 is 15.9 Å². The number of phenols is 1.